The molecule has 8 heteroatoms. The molecule has 0 bridgehead atoms. The highest BCUT2D eigenvalue weighted by Crippen LogP contribution is 2.29. The zero-order valence-corrected chi connectivity index (χ0v) is 20.5. The van der Waals surface area contributed by atoms with Crippen LogP contribution in [0.2, 0.25) is 0 Å². The summed E-state index contributed by atoms with van der Waals surface area (Å²) in [7, 11) is -2.95. The molecular weight excluding hydrogens is 465 g/mol. The second kappa shape index (κ2) is 13.1. The largest absolute Gasteiger partial charge is 0.396 e. The minimum Gasteiger partial charge on any atom is -0.396 e. The highest BCUT2D eigenvalue weighted by Gasteiger charge is 2.26. The first-order valence-corrected chi connectivity index (χ1v) is 11.4. The Morgan fingerprint density at radius 1 is 1.08 bits per heavy atom. The van der Waals surface area contributed by atoms with Crippen LogP contribution in [0.5, 0.6) is 0 Å². The molecule has 0 aromatic carbocycles. The number of hydrogen-bond donors (Lipinski definition) is 3. The predicted octanol–water partition coefficient (Wildman–Crippen LogP) is 2.81. The maximum atomic E-state index is 11.4. The lowest BCUT2D eigenvalue weighted by Crippen LogP contribution is -2.44. The molecule has 0 rings (SSSR count). The van der Waals surface area contributed by atoms with E-state index in [9.17, 15) is 13.5 Å². The van der Waals surface area contributed by atoms with Crippen LogP contribution in [0.25, 0.3) is 0 Å². The Kier molecular flexibility index (Phi) is 14.2. The second-order valence-electron chi connectivity index (χ2n) is 7.77. The van der Waals surface area contributed by atoms with E-state index < -0.39 is 9.84 Å². The molecule has 6 nitrogen and oxygen atoms in total. The normalized spacial score (nSPS) is 13.3. The van der Waals surface area contributed by atoms with E-state index in [4.69, 9.17) is 0 Å². The summed E-state index contributed by atoms with van der Waals surface area (Å²) >= 11 is 0. The fourth-order valence-electron chi connectivity index (χ4n) is 2.63. The lowest BCUT2D eigenvalue weighted by Gasteiger charge is -2.32. The number of nitrogens with zero attached hydrogens (tertiary/aromatic N) is 1. The Morgan fingerprint density at radius 2 is 1.65 bits per heavy atom. The molecular formula is C18H40IN3O3S. The lowest BCUT2D eigenvalue weighted by atomic mass is 9.79. The fraction of sp³-hybridized carbons (Fsp3) is 0.944. The molecule has 0 saturated carbocycles. The van der Waals surface area contributed by atoms with E-state index in [2.05, 4.69) is 29.5 Å². The average Bonchev–Trinajstić information content (AvgIpc) is 2.54. The number of hydrogen-bond acceptors (Lipinski definition) is 4. The first kappa shape index (κ1) is 28.1. The third-order valence-electron chi connectivity index (χ3n) is 4.93. The molecule has 0 amide bonds. The Morgan fingerprint density at radius 3 is 2.08 bits per heavy atom. The number of rotatable bonds is 12. The molecule has 0 fully saturated rings. The van der Waals surface area contributed by atoms with Gasteiger partial charge in [0.15, 0.2) is 5.96 Å². The fourth-order valence-corrected chi connectivity index (χ4v) is 3.55. The molecule has 0 radical (unpaired) electrons. The topological polar surface area (TPSA) is 90.8 Å². The van der Waals surface area contributed by atoms with E-state index in [1.807, 2.05) is 20.8 Å². The number of sulfone groups is 1. The summed E-state index contributed by atoms with van der Waals surface area (Å²) in [6, 6.07) is 0. The molecule has 0 aromatic heterocycles. The average molecular weight is 506 g/mol. The van der Waals surface area contributed by atoms with Crippen molar-refractivity contribution in [2.75, 3.05) is 38.2 Å². The number of aliphatic hydroxyl groups excluding tert-OH is 1. The van der Waals surface area contributed by atoms with Crippen LogP contribution in [-0.2, 0) is 9.84 Å². The third-order valence-corrected chi connectivity index (χ3v) is 5.88. The van der Waals surface area contributed by atoms with Crippen molar-refractivity contribution in [2.24, 2.45) is 15.8 Å². The molecule has 0 saturated heterocycles. The van der Waals surface area contributed by atoms with Crippen molar-refractivity contribution in [1.82, 2.24) is 10.6 Å². The smallest absolute Gasteiger partial charge is 0.191 e. The molecule has 0 aliphatic rings. The predicted molar refractivity (Wildman–Crippen MR) is 122 cm³/mol. The van der Waals surface area contributed by atoms with Crippen LogP contribution in [0, 0.1) is 10.8 Å². The van der Waals surface area contributed by atoms with Gasteiger partial charge in [0.2, 0.25) is 0 Å². The summed E-state index contributed by atoms with van der Waals surface area (Å²) in [5, 5.41) is 16.0. The number of nitrogens with one attached hydrogen (secondary N) is 2. The quantitative estimate of drug-likeness (QED) is 0.216. The van der Waals surface area contributed by atoms with E-state index in [1.54, 1.807) is 0 Å². The summed E-state index contributed by atoms with van der Waals surface area (Å²) in [6.07, 6.45) is 4.63. The van der Waals surface area contributed by atoms with Gasteiger partial charge in [-0.25, -0.2) is 8.42 Å². The number of halogens is 1. The molecule has 0 heterocycles. The third kappa shape index (κ3) is 12.3. The second-order valence-corrected chi connectivity index (χ2v) is 10.0. The summed E-state index contributed by atoms with van der Waals surface area (Å²) in [5.74, 6) is 0.934. The SMILES string of the molecule is CCNC(=NCC(C)(C)CCS(C)(=O)=O)NCC(CC)(CC)CCO.I. The van der Waals surface area contributed by atoms with Gasteiger partial charge in [-0.3, -0.25) is 4.99 Å². The zero-order valence-electron chi connectivity index (χ0n) is 17.4. The van der Waals surface area contributed by atoms with Crippen LogP contribution >= 0.6 is 24.0 Å². The van der Waals surface area contributed by atoms with Gasteiger partial charge in [0.05, 0.1) is 5.75 Å². The van der Waals surface area contributed by atoms with Gasteiger partial charge in [-0.05, 0) is 43.4 Å². The van der Waals surface area contributed by atoms with Gasteiger partial charge in [0, 0.05) is 32.5 Å². The molecule has 158 valence electrons. The maximum Gasteiger partial charge on any atom is 0.191 e. The van der Waals surface area contributed by atoms with Crippen molar-refractivity contribution in [3.63, 3.8) is 0 Å². The van der Waals surface area contributed by atoms with Gasteiger partial charge in [-0.2, -0.15) is 0 Å². The molecule has 26 heavy (non-hydrogen) atoms. The van der Waals surface area contributed by atoms with Crippen molar-refractivity contribution in [2.45, 2.75) is 60.3 Å². The number of aliphatic imine (C=N–C) groups is 1. The van der Waals surface area contributed by atoms with Crippen LogP contribution in [0.15, 0.2) is 4.99 Å². The molecule has 0 spiro atoms. The highest BCUT2D eigenvalue weighted by molar-refractivity contribution is 14.0. The summed E-state index contributed by atoms with van der Waals surface area (Å²) in [5.41, 5.74) is -0.111. The standard InChI is InChI=1S/C18H39N3O3S.HI/c1-7-18(8-2,10-12-22)15-21-16(19-9-3)20-14-17(4,5)11-13-25(6,23)24;/h22H,7-15H2,1-6H3,(H2,19,20,21);1H. The summed E-state index contributed by atoms with van der Waals surface area (Å²) < 4.78 is 22.8. The number of aliphatic hydroxyl groups is 1. The van der Waals surface area contributed by atoms with Gasteiger partial charge < -0.3 is 15.7 Å². The first-order valence-electron chi connectivity index (χ1n) is 9.34. The van der Waals surface area contributed by atoms with E-state index in [0.717, 1.165) is 38.3 Å². The summed E-state index contributed by atoms with van der Waals surface area (Å²) in [4.78, 5) is 4.65. The van der Waals surface area contributed by atoms with Gasteiger partial charge in [0.1, 0.15) is 9.84 Å². The van der Waals surface area contributed by atoms with E-state index in [1.165, 1.54) is 6.26 Å². The Bertz CT molecular complexity index is 504. The highest BCUT2D eigenvalue weighted by atomic mass is 127. The van der Waals surface area contributed by atoms with E-state index in [0.29, 0.717) is 13.0 Å². The monoisotopic (exact) mass is 505 g/mol. The number of guanidine groups is 1. The Balaban J connectivity index is 0. The van der Waals surface area contributed by atoms with Gasteiger partial charge >= 0.3 is 0 Å². The molecule has 0 aliphatic heterocycles. The summed E-state index contributed by atoms with van der Waals surface area (Å²) in [6.45, 7) is 12.7. The molecule has 0 aromatic rings. The lowest BCUT2D eigenvalue weighted by molar-refractivity contribution is 0.169. The minimum atomic E-state index is -2.95. The Labute approximate surface area is 178 Å². The van der Waals surface area contributed by atoms with Crippen molar-refractivity contribution >= 4 is 39.8 Å². The molecule has 0 unspecified atom stereocenters. The van der Waals surface area contributed by atoms with Crippen LogP contribution in [0.1, 0.15) is 60.3 Å². The van der Waals surface area contributed by atoms with E-state index in [-0.39, 0.29) is 47.2 Å². The first-order chi connectivity index (χ1) is 11.5. The Hall–Kier alpha value is -0.0900. The zero-order chi connectivity index (χ0) is 19.6. The van der Waals surface area contributed by atoms with Crippen molar-refractivity contribution < 1.29 is 13.5 Å². The van der Waals surface area contributed by atoms with Gasteiger partial charge in [-0.15, -0.1) is 24.0 Å². The van der Waals surface area contributed by atoms with Crippen molar-refractivity contribution in [1.29, 1.82) is 0 Å². The van der Waals surface area contributed by atoms with Crippen LogP contribution in [-0.4, -0.2) is 57.7 Å². The van der Waals surface area contributed by atoms with E-state index >= 15 is 0 Å². The van der Waals surface area contributed by atoms with Crippen LogP contribution in [0.3, 0.4) is 0 Å². The van der Waals surface area contributed by atoms with Crippen LogP contribution in [0.4, 0.5) is 0 Å². The van der Waals surface area contributed by atoms with Gasteiger partial charge in [0.25, 0.3) is 0 Å². The van der Waals surface area contributed by atoms with Crippen molar-refractivity contribution in [3.8, 4) is 0 Å². The molecule has 3 N–H and O–H groups in total. The maximum absolute atomic E-state index is 11.4. The van der Waals surface area contributed by atoms with Crippen molar-refractivity contribution in [3.05, 3.63) is 0 Å². The molecule has 0 aliphatic carbocycles. The van der Waals surface area contributed by atoms with Crippen LogP contribution < -0.4 is 10.6 Å². The van der Waals surface area contributed by atoms with Gasteiger partial charge in [-0.1, -0.05) is 27.7 Å². The minimum absolute atomic E-state index is 0. The molecule has 0 atom stereocenters.